The zero-order chi connectivity index (χ0) is 15.1. The Morgan fingerprint density at radius 1 is 1.43 bits per heavy atom. The predicted octanol–water partition coefficient (Wildman–Crippen LogP) is 1.89. The van der Waals surface area contributed by atoms with E-state index in [1.165, 1.54) is 0 Å². The number of rotatable bonds is 7. The molecule has 0 spiro atoms. The molecule has 1 atom stereocenters. The molecule has 0 fully saturated rings. The van der Waals surface area contributed by atoms with Gasteiger partial charge in [0.1, 0.15) is 18.5 Å². The number of aliphatic hydroxyl groups excluding tert-OH is 1. The fourth-order valence-corrected chi connectivity index (χ4v) is 2.44. The van der Waals surface area contributed by atoms with Gasteiger partial charge in [0.05, 0.1) is 22.8 Å². The third-order valence-electron chi connectivity index (χ3n) is 2.86. The summed E-state index contributed by atoms with van der Waals surface area (Å²) in [7, 11) is 1.93. The average molecular weight is 303 g/mol. The van der Waals surface area contributed by atoms with Crippen molar-refractivity contribution in [3.63, 3.8) is 0 Å². The Bertz CT molecular complexity index is 578. The van der Waals surface area contributed by atoms with Gasteiger partial charge in [0.15, 0.2) is 0 Å². The van der Waals surface area contributed by atoms with Crippen LogP contribution in [0.5, 0.6) is 5.75 Å². The Hall–Kier alpha value is -1.94. The normalized spacial score (nSPS) is 12.1. The van der Waals surface area contributed by atoms with Crippen LogP contribution in [0.25, 0.3) is 0 Å². The number of benzene rings is 1. The summed E-state index contributed by atoms with van der Waals surface area (Å²) < 4.78 is 5.50. The summed E-state index contributed by atoms with van der Waals surface area (Å²) in [6, 6.07) is 8.88. The van der Waals surface area contributed by atoms with Gasteiger partial charge in [0.2, 0.25) is 0 Å². The van der Waals surface area contributed by atoms with Crippen molar-refractivity contribution in [3.8, 4) is 11.8 Å². The van der Waals surface area contributed by atoms with Gasteiger partial charge in [-0.05, 0) is 31.3 Å². The van der Waals surface area contributed by atoms with Crippen LogP contribution in [0.1, 0.15) is 11.3 Å². The van der Waals surface area contributed by atoms with Crippen molar-refractivity contribution in [1.82, 2.24) is 9.88 Å². The Morgan fingerprint density at radius 3 is 2.81 bits per heavy atom. The molecule has 110 valence electrons. The highest BCUT2D eigenvalue weighted by Gasteiger charge is 2.10. The molecule has 6 heteroatoms. The minimum atomic E-state index is -0.579. The quantitative estimate of drug-likeness (QED) is 0.846. The lowest BCUT2D eigenvalue weighted by Gasteiger charge is -2.20. The Kier molecular flexibility index (Phi) is 5.69. The summed E-state index contributed by atoms with van der Waals surface area (Å²) in [4.78, 5) is 6.21. The molecule has 0 bridgehead atoms. The summed E-state index contributed by atoms with van der Waals surface area (Å²) >= 11 is 1.56. The molecular weight excluding hydrogens is 286 g/mol. The lowest BCUT2D eigenvalue weighted by molar-refractivity contribution is 0.0741. The van der Waals surface area contributed by atoms with E-state index < -0.39 is 6.10 Å². The number of ether oxygens (including phenoxy) is 1. The third-order valence-corrected chi connectivity index (χ3v) is 3.50. The summed E-state index contributed by atoms with van der Waals surface area (Å²) in [6.45, 7) is 1.43. The van der Waals surface area contributed by atoms with Gasteiger partial charge in [-0.15, -0.1) is 11.3 Å². The molecule has 0 aliphatic heterocycles. The van der Waals surface area contributed by atoms with Crippen LogP contribution in [0.15, 0.2) is 35.2 Å². The molecule has 2 aromatic rings. The molecular formula is C15H17N3O2S. The standard InChI is InChI=1S/C15H17N3O2S/c1-18(7-13-10-21-11-17-13)8-14(19)9-20-15-4-2-12(6-16)3-5-15/h2-5,10-11,14,19H,7-9H2,1H3. The van der Waals surface area contributed by atoms with Gasteiger partial charge in [0.25, 0.3) is 0 Å². The monoisotopic (exact) mass is 303 g/mol. The van der Waals surface area contributed by atoms with Crippen LogP contribution in [0.4, 0.5) is 0 Å². The van der Waals surface area contributed by atoms with Crippen molar-refractivity contribution >= 4 is 11.3 Å². The second-order valence-corrected chi connectivity index (χ2v) is 5.50. The summed E-state index contributed by atoms with van der Waals surface area (Å²) in [5.74, 6) is 0.648. The molecule has 21 heavy (non-hydrogen) atoms. The van der Waals surface area contributed by atoms with E-state index in [4.69, 9.17) is 10.00 Å². The largest absolute Gasteiger partial charge is 0.491 e. The van der Waals surface area contributed by atoms with Crippen LogP contribution in [0.2, 0.25) is 0 Å². The highest BCUT2D eigenvalue weighted by Crippen LogP contribution is 2.12. The number of likely N-dealkylation sites (N-methyl/N-ethyl adjacent to an activating group) is 1. The fraction of sp³-hybridized carbons (Fsp3) is 0.333. The number of aliphatic hydroxyl groups is 1. The Balaban J connectivity index is 1.73. The lowest BCUT2D eigenvalue weighted by Crippen LogP contribution is -2.32. The Morgan fingerprint density at radius 2 is 2.19 bits per heavy atom. The number of thiazole rings is 1. The molecule has 1 heterocycles. The van der Waals surface area contributed by atoms with E-state index in [0.717, 1.165) is 5.69 Å². The number of nitrogens with zero attached hydrogens (tertiary/aromatic N) is 3. The molecule has 0 amide bonds. The first-order valence-electron chi connectivity index (χ1n) is 6.54. The van der Waals surface area contributed by atoms with Crippen molar-refractivity contribution < 1.29 is 9.84 Å². The average Bonchev–Trinajstić information content (AvgIpc) is 2.98. The van der Waals surface area contributed by atoms with Crippen molar-refractivity contribution in [2.45, 2.75) is 12.6 Å². The lowest BCUT2D eigenvalue weighted by atomic mass is 10.2. The third kappa shape index (κ3) is 5.16. The summed E-state index contributed by atoms with van der Waals surface area (Å²) in [5.41, 5.74) is 3.39. The van der Waals surface area contributed by atoms with Crippen LogP contribution >= 0.6 is 11.3 Å². The minimum absolute atomic E-state index is 0.216. The van der Waals surface area contributed by atoms with Gasteiger partial charge in [-0.25, -0.2) is 4.98 Å². The maximum absolute atomic E-state index is 9.97. The number of hydrogen-bond acceptors (Lipinski definition) is 6. The van der Waals surface area contributed by atoms with E-state index in [1.54, 1.807) is 41.1 Å². The van der Waals surface area contributed by atoms with Gasteiger partial charge in [-0.2, -0.15) is 5.26 Å². The number of nitriles is 1. The highest BCUT2D eigenvalue weighted by atomic mass is 32.1. The first-order valence-corrected chi connectivity index (χ1v) is 7.48. The maximum Gasteiger partial charge on any atom is 0.119 e. The van der Waals surface area contributed by atoms with E-state index >= 15 is 0 Å². The molecule has 0 aliphatic rings. The summed E-state index contributed by atoms with van der Waals surface area (Å²) in [5, 5.41) is 20.7. The van der Waals surface area contributed by atoms with Crippen LogP contribution in [-0.2, 0) is 6.54 Å². The van der Waals surface area contributed by atoms with Crippen LogP contribution in [0, 0.1) is 11.3 Å². The molecule has 0 saturated carbocycles. The van der Waals surface area contributed by atoms with E-state index in [-0.39, 0.29) is 6.61 Å². The molecule has 1 N–H and O–H groups in total. The van der Waals surface area contributed by atoms with Gasteiger partial charge < -0.3 is 9.84 Å². The topological polar surface area (TPSA) is 69.4 Å². The van der Waals surface area contributed by atoms with Crippen molar-refractivity contribution in [2.75, 3.05) is 20.2 Å². The number of hydrogen-bond donors (Lipinski definition) is 1. The second kappa shape index (κ2) is 7.74. The fourth-order valence-electron chi connectivity index (χ4n) is 1.89. The summed E-state index contributed by atoms with van der Waals surface area (Å²) in [6.07, 6.45) is -0.579. The highest BCUT2D eigenvalue weighted by molar-refractivity contribution is 7.07. The van der Waals surface area contributed by atoms with E-state index in [9.17, 15) is 5.11 Å². The maximum atomic E-state index is 9.97. The second-order valence-electron chi connectivity index (χ2n) is 4.78. The molecule has 1 unspecified atom stereocenters. The zero-order valence-corrected chi connectivity index (χ0v) is 12.6. The van der Waals surface area contributed by atoms with E-state index in [0.29, 0.717) is 24.4 Å². The molecule has 5 nitrogen and oxygen atoms in total. The minimum Gasteiger partial charge on any atom is -0.491 e. The van der Waals surface area contributed by atoms with Gasteiger partial charge >= 0.3 is 0 Å². The van der Waals surface area contributed by atoms with Crippen molar-refractivity contribution in [3.05, 3.63) is 46.4 Å². The molecule has 0 saturated heterocycles. The van der Waals surface area contributed by atoms with Crippen LogP contribution < -0.4 is 4.74 Å². The molecule has 0 aliphatic carbocycles. The molecule has 2 rings (SSSR count). The Labute approximate surface area is 128 Å². The van der Waals surface area contributed by atoms with Crippen LogP contribution in [0.3, 0.4) is 0 Å². The van der Waals surface area contributed by atoms with E-state index in [1.807, 2.05) is 23.4 Å². The predicted molar refractivity (Wildman–Crippen MR) is 81.1 cm³/mol. The smallest absolute Gasteiger partial charge is 0.119 e. The van der Waals surface area contributed by atoms with Crippen molar-refractivity contribution in [2.24, 2.45) is 0 Å². The molecule has 1 aromatic carbocycles. The molecule has 0 radical (unpaired) electrons. The van der Waals surface area contributed by atoms with E-state index in [2.05, 4.69) is 4.98 Å². The first-order chi connectivity index (χ1) is 10.2. The van der Waals surface area contributed by atoms with Gasteiger partial charge in [0, 0.05) is 18.5 Å². The van der Waals surface area contributed by atoms with Gasteiger partial charge in [-0.1, -0.05) is 0 Å². The number of aromatic nitrogens is 1. The van der Waals surface area contributed by atoms with Crippen molar-refractivity contribution in [1.29, 1.82) is 5.26 Å². The zero-order valence-electron chi connectivity index (χ0n) is 11.8. The SMILES string of the molecule is CN(Cc1cscn1)CC(O)COc1ccc(C#N)cc1. The van der Waals surface area contributed by atoms with Crippen LogP contribution in [-0.4, -0.2) is 41.3 Å². The van der Waals surface area contributed by atoms with Gasteiger partial charge in [-0.3, -0.25) is 4.90 Å². The molecule has 1 aromatic heterocycles. The first kappa shape index (κ1) is 15.4.